The van der Waals surface area contributed by atoms with Crippen molar-refractivity contribution < 1.29 is 33.3 Å². The van der Waals surface area contributed by atoms with Crippen LogP contribution < -0.4 is 40.2 Å². The highest BCUT2D eigenvalue weighted by atomic mass is 16.5. The maximum Gasteiger partial charge on any atom is 0.323 e. The van der Waals surface area contributed by atoms with Gasteiger partial charge in [-0.25, -0.2) is 14.4 Å². The van der Waals surface area contributed by atoms with Crippen molar-refractivity contribution in [2.75, 3.05) is 55.6 Å². The molecule has 40 heavy (non-hydrogen) atoms. The van der Waals surface area contributed by atoms with Crippen LogP contribution in [-0.4, -0.2) is 95.8 Å². The van der Waals surface area contributed by atoms with Crippen molar-refractivity contribution in [2.24, 2.45) is 0 Å². The van der Waals surface area contributed by atoms with Gasteiger partial charge in [-0.1, -0.05) is 12.1 Å². The second-order valence-corrected chi connectivity index (χ2v) is 9.07. The predicted octanol–water partition coefficient (Wildman–Crippen LogP) is 1.75. The lowest BCUT2D eigenvalue weighted by molar-refractivity contribution is 0.194. The van der Waals surface area contributed by atoms with E-state index in [2.05, 4.69) is 21.3 Å². The molecule has 1 saturated heterocycles. The summed E-state index contributed by atoms with van der Waals surface area (Å²) in [5.41, 5.74) is 1.91. The molecule has 0 saturated carbocycles. The highest BCUT2D eigenvalue weighted by molar-refractivity contribution is 5.82. The van der Waals surface area contributed by atoms with Gasteiger partial charge in [0, 0.05) is 27.2 Å². The van der Waals surface area contributed by atoms with Crippen molar-refractivity contribution in [2.45, 2.75) is 25.2 Å². The molecule has 1 aliphatic heterocycles. The van der Waals surface area contributed by atoms with E-state index in [9.17, 15) is 14.4 Å². The van der Waals surface area contributed by atoms with Crippen LogP contribution in [0.5, 0.6) is 23.0 Å². The molecule has 13 nitrogen and oxygen atoms in total. The number of ether oxygens (including phenoxy) is 4. The Hall–Kier alpha value is -4.55. The number of urea groups is 3. The molecule has 0 bridgehead atoms. The maximum atomic E-state index is 12.7. The topological polar surface area (TPSA) is 143 Å². The van der Waals surface area contributed by atoms with E-state index in [-0.39, 0.29) is 6.03 Å². The van der Waals surface area contributed by atoms with E-state index in [4.69, 9.17) is 18.9 Å². The molecule has 1 aliphatic rings. The van der Waals surface area contributed by atoms with Crippen LogP contribution in [0.15, 0.2) is 36.4 Å². The monoisotopic (exact) mass is 558 g/mol. The van der Waals surface area contributed by atoms with Crippen LogP contribution >= 0.6 is 0 Å². The van der Waals surface area contributed by atoms with Crippen molar-refractivity contribution in [3.05, 3.63) is 47.5 Å². The first-order chi connectivity index (χ1) is 19.2. The summed E-state index contributed by atoms with van der Waals surface area (Å²) in [5, 5.41) is 11.1. The number of carbonyl (C=O) groups is 3. The minimum Gasteiger partial charge on any atom is -0.493 e. The van der Waals surface area contributed by atoms with E-state index in [0.29, 0.717) is 48.9 Å². The Morgan fingerprint density at radius 1 is 0.675 bits per heavy atom. The first-order valence-electron chi connectivity index (χ1n) is 12.7. The predicted molar refractivity (Wildman–Crippen MR) is 148 cm³/mol. The molecular weight excluding hydrogens is 520 g/mol. The van der Waals surface area contributed by atoms with E-state index in [0.717, 1.165) is 11.1 Å². The molecule has 4 N–H and O–H groups in total. The van der Waals surface area contributed by atoms with Crippen molar-refractivity contribution >= 4 is 18.1 Å². The zero-order valence-electron chi connectivity index (χ0n) is 23.7. The van der Waals surface area contributed by atoms with Crippen LogP contribution in [0.3, 0.4) is 0 Å². The third-order valence-corrected chi connectivity index (χ3v) is 6.59. The lowest BCUT2D eigenvalue weighted by Gasteiger charge is -2.27. The summed E-state index contributed by atoms with van der Waals surface area (Å²) >= 11 is 0. The van der Waals surface area contributed by atoms with E-state index < -0.39 is 24.4 Å². The Bertz CT molecular complexity index is 1100. The highest BCUT2D eigenvalue weighted by Crippen LogP contribution is 2.28. The molecule has 0 aliphatic carbocycles. The third-order valence-electron chi connectivity index (χ3n) is 6.59. The number of benzene rings is 2. The molecule has 13 heteroatoms. The molecule has 0 radical (unpaired) electrons. The van der Waals surface area contributed by atoms with Crippen LogP contribution in [-0.2, 0) is 12.8 Å². The average Bonchev–Trinajstić information content (AvgIpc) is 3.15. The van der Waals surface area contributed by atoms with Gasteiger partial charge in [0.1, 0.15) is 12.3 Å². The number of rotatable bonds is 12. The number of nitrogens with one attached hydrogen (secondary N) is 4. The molecular formula is C27H38N6O7. The lowest BCUT2D eigenvalue weighted by atomic mass is 10.1. The standard InChI is InChI=1S/C27H38N6O7/c1-32-23(30-25(34)28-13-11-17-7-9-19(37-3)21(15-17)39-5)24(33(2)27(32)36)31-26(35)29-14-12-18-8-10-20(38-4)22(16-18)40-6/h7-10,15-16,23-24H,11-14H2,1-6H3,(H2,28,30,34)(H2,29,31,35)/t23-,24+. The molecule has 1 fully saturated rings. The summed E-state index contributed by atoms with van der Waals surface area (Å²) in [6.07, 6.45) is -0.459. The summed E-state index contributed by atoms with van der Waals surface area (Å²) in [6, 6.07) is 9.80. The van der Waals surface area contributed by atoms with Crippen LogP contribution in [0.1, 0.15) is 11.1 Å². The average molecular weight is 559 g/mol. The quantitative estimate of drug-likeness (QED) is 0.311. The second kappa shape index (κ2) is 14.0. The third kappa shape index (κ3) is 7.30. The second-order valence-electron chi connectivity index (χ2n) is 9.07. The molecule has 6 amide bonds. The molecule has 218 valence electrons. The number of hydrogen-bond acceptors (Lipinski definition) is 7. The van der Waals surface area contributed by atoms with Crippen LogP contribution in [0.2, 0.25) is 0 Å². The van der Waals surface area contributed by atoms with Gasteiger partial charge in [0.2, 0.25) is 0 Å². The molecule has 0 spiro atoms. The van der Waals surface area contributed by atoms with E-state index in [1.807, 2.05) is 24.3 Å². The van der Waals surface area contributed by atoms with Crippen LogP contribution in [0.4, 0.5) is 14.4 Å². The molecule has 2 aromatic rings. The first-order valence-corrected chi connectivity index (χ1v) is 12.7. The largest absolute Gasteiger partial charge is 0.493 e. The van der Waals surface area contributed by atoms with Gasteiger partial charge in [0.15, 0.2) is 23.0 Å². The van der Waals surface area contributed by atoms with Gasteiger partial charge in [0.05, 0.1) is 28.4 Å². The molecule has 2 atom stereocenters. The number of methoxy groups -OCH3 is 4. The van der Waals surface area contributed by atoms with Crippen LogP contribution in [0, 0.1) is 0 Å². The Balaban J connectivity index is 1.50. The first kappa shape index (κ1) is 30.0. The Morgan fingerprint density at radius 3 is 1.40 bits per heavy atom. The Labute approximate surface area is 234 Å². The normalized spacial score (nSPS) is 16.3. The molecule has 0 unspecified atom stereocenters. The van der Waals surface area contributed by atoms with Crippen molar-refractivity contribution in [3.8, 4) is 23.0 Å². The van der Waals surface area contributed by atoms with Gasteiger partial charge in [-0.15, -0.1) is 0 Å². The lowest BCUT2D eigenvalue weighted by Crippen LogP contribution is -2.59. The van der Waals surface area contributed by atoms with E-state index >= 15 is 0 Å². The smallest absolute Gasteiger partial charge is 0.323 e. The summed E-state index contributed by atoms with van der Waals surface area (Å²) in [7, 11) is 9.38. The van der Waals surface area contributed by atoms with Gasteiger partial charge in [-0.2, -0.15) is 0 Å². The number of carbonyl (C=O) groups excluding carboxylic acids is 3. The van der Waals surface area contributed by atoms with Gasteiger partial charge in [0.25, 0.3) is 0 Å². The maximum absolute atomic E-state index is 12.7. The van der Waals surface area contributed by atoms with Crippen LogP contribution in [0.25, 0.3) is 0 Å². The highest BCUT2D eigenvalue weighted by Gasteiger charge is 2.43. The number of amides is 6. The van der Waals surface area contributed by atoms with Crippen molar-refractivity contribution in [1.82, 2.24) is 31.1 Å². The molecule has 2 aromatic carbocycles. The minimum absolute atomic E-state index is 0.341. The van der Waals surface area contributed by atoms with E-state index in [1.54, 1.807) is 54.7 Å². The minimum atomic E-state index is -0.782. The Morgan fingerprint density at radius 2 is 1.05 bits per heavy atom. The number of likely N-dealkylation sites (N-methyl/N-ethyl adjacent to an activating group) is 2. The number of nitrogens with zero attached hydrogens (tertiary/aromatic N) is 2. The van der Waals surface area contributed by atoms with Crippen molar-refractivity contribution in [3.63, 3.8) is 0 Å². The molecule has 3 rings (SSSR count). The van der Waals surface area contributed by atoms with Gasteiger partial charge >= 0.3 is 18.1 Å². The molecule has 1 heterocycles. The SMILES string of the molecule is COc1ccc(CCNC(=O)N[C@@H]2[C@H](NC(=O)NCCc3ccc(OC)c(OC)c3)N(C)C(=O)N2C)cc1OC. The van der Waals surface area contributed by atoms with Gasteiger partial charge in [-0.05, 0) is 48.2 Å². The summed E-state index contributed by atoms with van der Waals surface area (Å²) in [6.45, 7) is 0.687. The van der Waals surface area contributed by atoms with Gasteiger partial charge < -0.3 is 50.0 Å². The summed E-state index contributed by atoms with van der Waals surface area (Å²) in [5.74, 6) is 2.46. The van der Waals surface area contributed by atoms with E-state index in [1.165, 1.54) is 9.80 Å². The van der Waals surface area contributed by atoms with Gasteiger partial charge in [-0.3, -0.25) is 0 Å². The number of hydrogen-bond donors (Lipinski definition) is 4. The summed E-state index contributed by atoms with van der Waals surface area (Å²) < 4.78 is 21.1. The molecule has 0 aromatic heterocycles. The summed E-state index contributed by atoms with van der Waals surface area (Å²) in [4.78, 5) is 40.6. The Kier molecular flexibility index (Phi) is 10.5. The fourth-order valence-corrected chi connectivity index (χ4v) is 4.35. The zero-order chi connectivity index (χ0) is 29.2. The zero-order valence-corrected chi connectivity index (χ0v) is 23.7. The fraction of sp³-hybridized carbons (Fsp3) is 0.444. The fourth-order valence-electron chi connectivity index (χ4n) is 4.35. The van der Waals surface area contributed by atoms with Crippen molar-refractivity contribution in [1.29, 1.82) is 0 Å².